The number of rotatable bonds is 7. The number of urea groups is 1. The third-order valence-electron chi connectivity index (χ3n) is 7.37. The van der Waals surface area contributed by atoms with Crippen molar-refractivity contribution in [3.05, 3.63) is 126 Å². The molecule has 1 fully saturated rings. The van der Waals surface area contributed by atoms with Crippen LogP contribution in [0.15, 0.2) is 103 Å². The first-order chi connectivity index (χ1) is 18.8. The number of carbonyl (C=O) groups excluding carboxylic acids is 1. The van der Waals surface area contributed by atoms with E-state index in [9.17, 15) is 18.0 Å². The van der Waals surface area contributed by atoms with E-state index in [1.807, 2.05) is 88.6 Å². The molecule has 39 heavy (non-hydrogen) atoms. The Morgan fingerprint density at radius 2 is 1.44 bits per heavy atom. The van der Waals surface area contributed by atoms with Crippen molar-refractivity contribution in [1.82, 2.24) is 14.4 Å². The van der Waals surface area contributed by atoms with Crippen molar-refractivity contribution in [2.75, 3.05) is 13.1 Å². The van der Waals surface area contributed by atoms with Gasteiger partial charge < -0.3 is 15.2 Å². The molecule has 1 saturated heterocycles. The standard InChI is InChI=1S/C31H31F3N4O/c32-31(33,34)26-11-13-27(14-12-26)37-20-15-23(22-37)21-36-18-16-28(17-19-36)38(30(35)39)29(24-7-3-1-4-8-24)25-9-5-2-6-10-25/h1-15,20,22,28-29H,16-19,21H2,(H2,35,39). The van der Waals surface area contributed by atoms with Gasteiger partial charge in [-0.2, -0.15) is 13.2 Å². The molecular weight excluding hydrogens is 501 g/mol. The molecule has 0 spiro atoms. The Morgan fingerprint density at radius 3 is 1.95 bits per heavy atom. The van der Waals surface area contributed by atoms with Crippen molar-refractivity contribution in [2.45, 2.75) is 37.6 Å². The van der Waals surface area contributed by atoms with Gasteiger partial charge >= 0.3 is 12.2 Å². The molecule has 0 saturated carbocycles. The van der Waals surface area contributed by atoms with Crippen LogP contribution >= 0.6 is 0 Å². The van der Waals surface area contributed by atoms with Gasteiger partial charge in [-0.25, -0.2) is 4.79 Å². The zero-order valence-corrected chi connectivity index (χ0v) is 21.5. The topological polar surface area (TPSA) is 54.5 Å². The van der Waals surface area contributed by atoms with E-state index in [-0.39, 0.29) is 12.1 Å². The van der Waals surface area contributed by atoms with Gasteiger partial charge in [0.15, 0.2) is 0 Å². The maximum atomic E-state index is 12.9. The lowest BCUT2D eigenvalue weighted by molar-refractivity contribution is -0.137. The lowest BCUT2D eigenvalue weighted by Crippen LogP contribution is -2.50. The first-order valence-electron chi connectivity index (χ1n) is 13.0. The Balaban J connectivity index is 1.26. The molecule has 2 N–H and O–H groups in total. The Morgan fingerprint density at radius 1 is 0.872 bits per heavy atom. The molecule has 1 aliphatic rings. The summed E-state index contributed by atoms with van der Waals surface area (Å²) in [4.78, 5) is 17.0. The molecule has 0 aliphatic carbocycles. The summed E-state index contributed by atoms with van der Waals surface area (Å²) in [7, 11) is 0. The number of halogens is 3. The predicted octanol–water partition coefficient (Wildman–Crippen LogP) is 6.63. The molecule has 1 aliphatic heterocycles. The minimum absolute atomic E-state index is 0.000840. The van der Waals surface area contributed by atoms with E-state index >= 15 is 0 Å². The second-order valence-electron chi connectivity index (χ2n) is 9.95. The van der Waals surface area contributed by atoms with Gasteiger partial charge in [0.1, 0.15) is 0 Å². The molecule has 0 radical (unpaired) electrons. The number of hydrogen-bond acceptors (Lipinski definition) is 2. The van der Waals surface area contributed by atoms with Crippen LogP contribution in [0.4, 0.5) is 18.0 Å². The molecule has 0 bridgehead atoms. The minimum atomic E-state index is -4.35. The van der Waals surface area contributed by atoms with Gasteiger partial charge in [-0.15, -0.1) is 0 Å². The number of amides is 2. The second kappa shape index (κ2) is 11.4. The van der Waals surface area contributed by atoms with Crippen LogP contribution in [0.2, 0.25) is 0 Å². The summed E-state index contributed by atoms with van der Waals surface area (Å²) in [5.41, 5.74) is 9.14. The summed E-state index contributed by atoms with van der Waals surface area (Å²) in [6.07, 6.45) is 1.05. The van der Waals surface area contributed by atoms with Crippen LogP contribution in [0.3, 0.4) is 0 Å². The Kier molecular flexibility index (Phi) is 7.74. The van der Waals surface area contributed by atoms with E-state index in [2.05, 4.69) is 4.90 Å². The van der Waals surface area contributed by atoms with E-state index in [1.165, 1.54) is 12.1 Å². The lowest BCUT2D eigenvalue weighted by atomic mass is 9.93. The van der Waals surface area contributed by atoms with E-state index in [4.69, 9.17) is 5.73 Å². The molecule has 2 heterocycles. The van der Waals surface area contributed by atoms with Gasteiger partial charge in [0.2, 0.25) is 0 Å². The summed E-state index contributed by atoms with van der Waals surface area (Å²) in [6, 6.07) is 26.4. The van der Waals surface area contributed by atoms with Crippen molar-refractivity contribution in [1.29, 1.82) is 0 Å². The molecular formula is C31H31F3N4O. The number of primary amides is 1. The molecule has 5 rings (SSSR count). The van der Waals surface area contributed by atoms with E-state index in [1.54, 1.807) is 0 Å². The lowest BCUT2D eigenvalue weighted by Gasteiger charge is -2.42. The minimum Gasteiger partial charge on any atom is -0.351 e. The van der Waals surface area contributed by atoms with Gasteiger partial charge in [0.05, 0.1) is 11.6 Å². The van der Waals surface area contributed by atoms with Crippen molar-refractivity contribution in [3.8, 4) is 5.69 Å². The van der Waals surface area contributed by atoms with E-state index in [0.717, 1.165) is 61.3 Å². The average Bonchev–Trinajstić information content (AvgIpc) is 3.41. The highest BCUT2D eigenvalue weighted by atomic mass is 19.4. The summed E-state index contributed by atoms with van der Waals surface area (Å²) in [5, 5.41) is 0. The fourth-order valence-electron chi connectivity index (χ4n) is 5.43. The highest BCUT2D eigenvalue weighted by Crippen LogP contribution is 2.33. The first kappa shape index (κ1) is 26.6. The van der Waals surface area contributed by atoms with Crippen LogP contribution in [0, 0.1) is 0 Å². The number of carbonyl (C=O) groups is 1. The number of benzene rings is 3. The van der Waals surface area contributed by atoms with Gasteiger partial charge in [-0.1, -0.05) is 60.7 Å². The highest BCUT2D eigenvalue weighted by Gasteiger charge is 2.34. The summed E-state index contributed by atoms with van der Waals surface area (Å²) < 4.78 is 40.5. The maximum absolute atomic E-state index is 12.9. The van der Waals surface area contributed by atoms with Crippen LogP contribution in [-0.2, 0) is 12.7 Å². The van der Waals surface area contributed by atoms with E-state index < -0.39 is 17.8 Å². The molecule has 5 nitrogen and oxygen atoms in total. The van der Waals surface area contributed by atoms with Crippen molar-refractivity contribution in [3.63, 3.8) is 0 Å². The zero-order chi connectivity index (χ0) is 27.4. The second-order valence-corrected chi connectivity index (χ2v) is 9.95. The number of nitrogens with zero attached hydrogens (tertiary/aromatic N) is 3. The van der Waals surface area contributed by atoms with Gasteiger partial charge in [-0.3, -0.25) is 4.90 Å². The normalized spacial score (nSPS) is 15.0. The van der Waals surface area contributed by atoms with Crippen molar-refractivity contribution in [2.24, 2.45) is 5.73 Å². The Hall–Kier alpha value is -4.04. The highest BCUT2D eigenvalue weighted by molar-refractivity contribution is 5.74. The largest absolute Gasteiger partial charge is 0.416 e. The summed E-state index contributed by atoms with van der Waals surface area (Å²) in [5.74, 6) is 0. The smallest absolute Gasteiger partial charge is 0.351 e. The third kappa shape index (κ3) is 6.17. The predicted molar refractivity (Wildman–Crippen MR) is 145 cm³/mol. The number of likely N-dealkylation sites (tertiary alicyclic amines) is 1. The van der Waals surface area contributed by atoms with Crippen molar-refractivity contribution >= 4 is 6.03 Å². The number of nitrogens with two attached hydrogens (primary N) is 1. The summed E-state index contributed by atoms with van der Waals surface area (Å²) in [6.45, 7) is 2.32. The fourth-order valence-corrected chi connectivity index (χ4v) is 5.43. The maximum Gasteiger partial charge on any atom is 0.416 e. The van der Waals surface area contributed by atoms with Crippen LogP contribution in [0.5, 0.6) is 0 Å². The Bertz CT molecular complexity index is 1320. The number of hydrogen-bond donors (Lipinski definition) is 1. The number of piperidine rings is 1. The van der Waals surface area contributed by atoms with Gasteiger partial charge in [0, 0.05) is 43.8 Å². The zero-order valence-electron chi connectivity index (χ0n) is 21.5. The SMILES string of the molecule is NC(=O)N(C1CCN(Cc2ccn(-c3ccc(C(F)(F)F)cc3)c2)CC1)C(c1ccccc1)c1ccccc1. The Labute approximate surface area is 226 Å². The van der Waals surface area contributed by atoms with Gasteiger partial charge in [-0.05, 0) is 59.9 Å². The molecule has 0 unspecified atom stereocenters. The molecule has 4 aromatic rings. The first-order valence-corrected chi connectivity index (χ1v) is 13.0. The number of alkyl halides is 3. The monoisotopic (exact) mass is 532 g/mol. The van der Waals surface area contributed by atoms with E-state index in [0.29, 0.717) is 5.69 Å². The number of aromatic nitrogens is 1. The molecule has 202 valence electrons. The quantitative estimate of drug-likeness (QED) is 0.290. The van der Waals surface area contributed by atoms with Crippen LogP contribution in [0.25, 0.3) is 5.69 Å². The van der Waals surface area contributed by atoms with Gasteiger partial charge in [0.25, 0.3) is 0 Å². The molecule has 3 aromatic carbocycles. The molecule has 1 aromatic heterocycles. The van der Waals surface area contributed by atoms with Crippen molar-refractivity contribution < 1.29 is 18.0 Å². The molecule has 8 heteroatoms. The average molecular weight is 533 g/mol. The van der Waals surface area contributed by atoms with Crippen LogP contribution in [0.1, 0.15) is 41.1 Å². The van der Waals surface area contributed by atoms with Crippen LogP contribution in [-0.4, -0.2) is 39.5 Å². The molecule has 0 atom stereocenters. The third-order valence-corrected chi connectivity index (χ3v) is 7.37. The fraction of sp³-hybridized carbons (Fsp3) is 0.258. The molecule has 2 amide bonds. The van der Waals surface area contributed by atoms with Crippen LogP contribution < -0.4 is 5.73 Å². The summed E-state index contributed by atoms with van der Waals surface area (Å²) >= 11 is 0.